The lowest BCUT2D eigenvalue weighted by Crippen LogP contribution is -2.18. The van der Waals surface area contributed by atoms with Crippen molar-refractivity contribution in [3.63, 3.8) is 0 Å². The molecule has 0 spiro atoms. The summed E-state index contributed by atoms with van der Waals surface area (Å²) in [6.45, 7) is 0. The van der Waals surface area contributed by atoms with Gasteiger partial charge in [0.1, 0.15) is 5.82 Å². The van der Waals surface area contributed by atoms with Crippen molar-refractivity contribution in [2.75, 3.05) is 0 Å². The third kappa shape index (κ3) is 2.38. The van der Waals surface area contributed by atoms with Crippen LogP contribution in [0.3, 0.4) is 0 Å². The van der Waals surface area contributed by atoms with Gasteiger partial charge in [-0.1, -0.05) is 22.4 Å². The summed E-state index contributed by atoms with van der Waals surface area (Å²) in [5, 5.41) is 0. The summed E-state index contributed by atoms with van der Waals surface area (Å²) >= 11 is 3.72. The molecule has 1 saturated carbocycles. The highest BCUT2D eigenvalue weighted by molar-refractivity contribution is 9.09. The molecule has 14 heavy (non-hydrogen) atoms. The first-order valence-corrected chi connectivity index (χ1v) is 6.27. The van der Waals surface area contributed by atoms with E-state index in [1.165, 1.54) is 31.5 Å². The van der Waals surface area contributed by atoms with Crippen LogP contribution < -0.4 is 0 Å². The molecule has 0 aromatic carbocycles. The average Bonchev–Trinajstić information content (AvgIpc) is 2.52. The molecule has 2 nitrogen and oxygen atoms in total. The van der Waals surface area contributed by atoms with Gasteiger partial charge in [-0.2, -0.15) is 0 Å². The van der Waals surface area contributed by atoms with Crippen LogP contribution in [0.2, 0.25) is 0 Å². The van der Waals surface area contributed by atoms with E-state index in [1.807, 2.05) is 12.4 Å². The van der Waals surface area contributed by atoms with Crippen LogP contribution in [0, 0.1) is 5.92 Å². The predicted octanol–water partition coefficient (Wildman–Crippen LogP) is 2.92. The molecular formula is C11H17BrN2. The van der Waals surface area contributed by atoms with Crippen LogP contribution in [0.5, 0.6) is 0 Å². The van der Waals surface area contributed by atoms with Crippen molar-refractivity contribution in [2.24, 2.45) is 13.0 Å². The lowest BCUT2D eigenvalue weighted by Gasteiger charge is -2.25. The van der Waals surface area contributed by atoms with E-state index in [0.717, 1.165) is 17.2 Å². The Bertz CT molecular complexity index is 295. The van der Waals surface area contributed by atoms with E-state index < -0.39 is 0 Å². The smallest absolute Gasteiger partial charge is 0.108 e. The lowest BCUT2D eigenvalue weighted by atomic mass is 9.87. The first-order chi connectivity index (χ1) is 6.75. The maximum absolute atomic E-state index is 4.38. The molecule has 0 amide bonds. The number of hydrogen-bond donors (Lipinski definition) is 0. The number of halogens is 1. The summed E-state index contributed by atoms with van der Waals surface area (Å²) in [5.74, 6) is 2.06. The Labute approximate surface area is 93.9 Å². The van der Waals surface area contributed by atoms with Gasteiger partial charge in [-0.15, -0.1) is 0 Å². The van der Waals surface area contributed by atoms with E-state index in [-0.39, 0.29) is 0 Å². The van der Waals surface area contributed by atoms with Crippen LogP contribution in [0.1, 0.15) is 31.5 Å². The topological polar surface area (TPSA) is 17.8 Å². The molecule has 1 fully saturated rings. The zero-order valence-corrected chi connectivity index (χ0v) is 10.2. The molecule has 78 valence electrons. The number of alkyl halides is 1. The summed E-state index contributed by atoms with van der Waals surface area (Å²) in [7, 11) is 2.08. The summed E-state index contributed by atoms with van der Waals surface area (Å²) in [4.78, 5) is 5.12. The van der Waals surface area contributed by atoms with E-state index in [0.29, 0.717) is 0 Å². The number of rotatable bonds is 2. The van der Waals surface area contributed by atoms with Crippen molar-refractivity contribution >= 4 is 15.9 Å². The maximum Gasteiger partial charge on any atom is 0.108 e. The predicted molar refractivity (Wildman–Crippen MR) is 61.6 cm³/mol. The SMILES string of the molecule is Cn1ccnc1CC1CCCC(Br)C1. The highest BCUT2D eigenvalue weighted by Crippen LogP contribution is 2.30. The number of hydrogen-bond acceptors (Lipinski definition) is 1. The molecule has 0 N–H and O–H groups in total. The van der Waals surface area contributed by atoms with Crippen LogP contribution in [-0.2, 0) is 13.5 Å². The molecule has 1 aliphatic rings. The number of aromatic nitrogens is 2. The Hall–Kier alpha value is -0.310. The van der Waals surface area contributed by atoms with E-state index in [2.05, 4.69) is 32.5 Å². The Morgan fingerprint density at radius 3 is 3.07 bits per heavy atom. The van der Waals surface area contributed by atoms with E-state index in [1.54, 1.807) is 0 Å². The monoisotopic (exact) mass is 256 g/mol. The van der Waals surface area contributed by atoms with E-state index in [9.17, 15) is 0 Å². The molecule has 2 rings (SSSR count). The average molecular weight is 257 g/mol. The van der Waals surface area contributed by atoms with Crippen LogP contribution >= 0.6 is 15.9 Å². The fourth-order valence-corrected chi connectivity index (χ4v) is 3.11. The van der Waals surface area contributed by atoms with Crippen LogP contribution in [0.4, 0.5) is 0 Å². The molecule has 0 saturated heterocycles. The normalized spacial score (nSPS) is 27.9. The molecule has 1 aliphatic carbocycles. The summed E-state index contributed by atoms with van der Waals surface area (Å²) in [6.07, 6.45) is 10.5. The van der Waals surface area contributed by atoms with Crippen molar-refractivity contribution in [1.29, 1.82) is 0 Å². The highest BCUT2D eigenvalue weighted by Gasteiger charge is 2.21. The molecule has 3 heteroatoms. The molecule has 2 atom stereocenters. The third-order valence-corrected chi connectivity index (χ3v) is 3.94. The van der Waals surface area contributed by atoms with Crippen molar-refractivity contribution in [3.05, 3.63) is 18.2 Å². The largest absolute Gasteiger partial charge is 0.338 e. The Kier molecular flexibility index (Phi) is 3.26. The quantitative estimate of drug-likeness (QED) is 0.745. The Morgan fingerprint density at radius 1 is 1.57 bits per heavy atom. The molecule has 1 heterocycles. The van der Waals surface area contributed by atoms with Gasteiger partial charge in [-0.05, 0) is 25.2 Å². The minimum atomic E-state index is 0.738. The minimum absolute atomic E-state index is 0.738. The first-order valence-electron chi connectivity index (χ1n) is 5.36. The van der Waals surface area contributed by atoms with Gasteiger partial charge < -0.3 is 4.57 Å². The number of nitrogens with zero attached hydrogens (tertiary/aromatic N) is 2. The summed E-state index contributed by atoms with van der Waals surface area (Å²) in [5.41, 5.74) is 0. The first kappa shape index (κ1) is 10.2. The van der Waals surface area contributed by atoms with E-state index >= 15 is 0 Å². The summed E-state index contributed by atoms with van der Waals surface area (Å²) < 4.78 is 2.14. The van der Waals surface area contributed by atoms with Gasteiger partial charge in [-0.3, -0.25) is 0 Å². The van der Waals surface area contributed by atoms with E-state index in [4.69, 9.17) is 0 Å². The standard InChI is InChI=1S/C11H17BrN2/c1-14-6-5-13-11(14)8-9-3-2-4-10(12)7-9/h5-6,9-10H,2-4,7-8H2,1H3. The molecule has 2 unspecified atom stereocenters. The second-order valence-electron chi connectivity index (χ2n) is 4.29. The molecular weight excluding hydrogens is 240 g/mol. The second-order valence-corrected chi connectivity index (χ2v) is 5.58. The molecule has 1 aromatic rings. The molecule has 0 radical (unpaired) electrons. The fourth-order valence-electron chi connectivity index (χ4n) is 2.26. The molecule has 1 aromatic heterocycles. The zero-order chi connectivity index (χ0) is 9.97. The maximum atomic E-state index is 4.38. The van der Waals surface area contributed by atoms with Crippen LogP contribution in [-0.4, -0.2) is 14.4 Å². The van der Waals surface area contributed by atoms with Crippen molar-refractivity contribution in [1.82, 2.24) is 9.55 Å². The second kappa shape index (κ2) is 4.47. The van der Waals surface area contributed by atoms with Gasteiger partial charge in [0.2, 0.25) is 0 Å². The van der Waals surface area contributed by atoms with Gasteiger partial charge >= 0.3 is 0 Å². The minimum Gasteiger partial charge on any atom is -0.338 e. The lowest BCUT2D eigenvalue weighted by molar-refractivity contribution is 0.360. The number of imidazole rings is 1. The van der Waals surface area contributed by atoms with Gasteiger partial charge in [-0.25, -0.2) is 4.98 Å². The van der Waals surface area contributed by atoms with Crippen LogP contribution in [0.15, 0.2) is 12.4 Å². The fraction of sp³-hybridized carbons (Fsp3) is 0.727. The van der Waals surface area contributed by atoms with Crippen LogP contribution in [0.25, 0.3) is 0 Å². The van der Waals surface area contributed by atoms with Gasteiger partial charge in [0, 0.05) is 30.7 Å². The molecule has 0 bridgehead atoms. The molecule has 0 aliphatic heterocycles. The zero-order valence-electron chi connectivity index (χ0n) is 8.62. The summed E-state index contributed by atoms with van der Waals surface area (Å²) in [6, 6.07) is 0. The van der Waals surface area contributed by atoms with Crippen molar-refractivity contribution in [3.8, 4) is 0 Å². The van der Waals surface area contributed by atoms with Crippen molar-refractivity contribution in [2.45, 2.75) is 36.9 Å². The number of aryl methyl sites for hydroxylation is 1. The van der Waals surface area contributed by atoms with Gasteiger partial charge in [0.05, 0.1) is 0 Å². The third-order valence-electron chi connectivity index (χ3n) is 3.11. The van der Waals surface area contributed by atoms with Gasteiger partial charge in [0.25, 0.3) is 0 Å². The Balaban J connectivity index is 1.94. The Morgan fingerprint density at radius 2 is 2.43 bits per heavy atom. The van der Waals surface area contributed by atoms with Gasteiger partial charge in [0.15, 0.2) is 0 Å². The van der Waals surface area contributed by atoms with Crippen molar-refractivity contribution < 1.29 is 0 Å². The highest BCUT2D eigenvalue weighted by atomic mass is 79.9.